The highest BCUT2D eigenvalue weighted by Gasteiger charge is 2.42. The molecule has 0 aromatic heterocycles. The van der Waals surface area contributed by atoms with Gasteiger partial charge in [-0.25, -0.2) is 0 Å². The first-order valence-corrected chi connectivity index (χ1v) is 10.3. The lowest BCUT2D eigenvalue weighted by atomic mass is 9.73. The maximum atomic E-state index is 13.2. The minimum absolute atomic E-state index is 0.185. The van der Waals surface area contributed by atoms with Crippen LogP contribution in [0.25, 0.3) is 5.57 Å². The number of carbonyl (C=O) groups is 2. The zero-order valence-corrected chi connectivity index (χ0v) is 19.0. The predicted octanol–water partition coefficient (Wildman–Crippen LogP) is 4.04. The molecule has 2 atom stereocenters. The summed E-state index contributed by atoms with van der Waals surface area (Å²) in [6.45, 7) is 1.90. The number of hydrogen-bond acceptors (Lipinski definition) is 7. The molecule has 0 bridgehead atoms. The maximum absolute atomic E-state index is 13.2. The van der Waals surface area contributed by atoms with Crippen molar-refractivity contribution in [1.82, 2.24) is 0 Å². The molecule has 0 N–H and O–H groups in total. The van der Waals surface area contributed by atoms with Gasteiger partial charge in [0.05, 0.1) is 35.0 Å². The summed E-state index contributed by atoms with van der Waals surface area (Å²) in [5, 5.41) is 0. The fourth-order valence-electron chi connectivity index (χ4n) is 4.14. The molecule has 0 heterocycles. The Morgan fingerprint density at radius 3 is 2.09 bits per heavy atom. The molecule has 7 nitrogen and oxygen atoms in total. The number of benzene rings is 2. The molecular weight excluding hydrogens is 412 g/mol. The van der Waals surface area contributed by atoms with E-state index < -0.39 is 17.8 Å². The number of esters is 1. The van der Waals surface area contributed by atoms with Crippen LogP contribution in [0.2, 0.25) is 0 Å². The quantitative estimate of drug-likeness (QED) is 0.453. The molecular formula is C25H28O7. The average Bonchev–Trinajstić information content (AvgIpc) is 2.82. The first kappa shape index (κ1) is 23.2. The summed E-state index contributed by atoms with van der Waals surface area (Å²) in [7, 11) is 6.22. The number of ketones is 1. The average molecular weight is 440 g/mol. The molecule has 0 saturated carbocycles. The summed E-state index contributed by atoms with van der Waals surface area (Å²) in [4.78, 5) is 26.1. The van der Waals surface area contributed by atoms with Gasteiger partial charge in [-0.05, 0) is 54.8 Å². The molecule has 170 valence electrons. The van der Waals surface area contributed by atoms with Gasteiger partial charge in [0.15, 0.2) is 17.3 Å². The largest absolute Gasteiger partial charge is 0.496 e. The monoisotopic (exact) mass is 440 g/mol. The zero-order valence-electron chi connectivity index (χ0n) is 19.0. The van der Waals surface area contributed by atoms with Gasteiger partial charge in [0.2, 0.25) is 0 Å². The number of rotatable bonds is 8. The number of hydrogen-bond donors (Lipinski definition) is 0. The van der Waals surface area contributed by atoms with Gasteiger partial charge in [0, 0.05) is 11.5 Å². The molecule has 0 fully saturated rings. The lowest BCUT2D eigenvalue weighted by molar-refractivity contribution is -0.151. The van der Waals surface area contributed by atoms with E-state index in [0.29, 0.717) is 35.0 Å². The van der Waals surface area contributed by atoms with Crippen molar-refractivity contribution in [3.8, 4) is 23.0 Å². The van der Waals surface area contributed by atoms with Gasteiger partial charge in [-0.15, -0.1) is 0 Å². The van der Waals surface area contributed by atoms with Crippen molar-refractivity contribution in [2.24, 2.45) is 5.92 Å². The second-order valence-corrected chi connectivity index (χ2v) is 7.26. The Balaban J connectivity index is 2.14. The molecule has 3 rings (SSSR count). The minimum Gasteiger partial charge on any atom is -0.496 e. The van der Waals surface area contributed by atoms with E-state index >= 15 is 0 Å². The zero-order chi connectivity index (χ0) is 23.3. The molecule has 7 heteroatoms. The van der Waals surface area contributed by atoms with E-state index in [-0.39, 0.29) is 12.4 Å². The van der Waals surface area contributed by atoms with E-state index in [9.17, 15) is 9.59 Å². The summed E-state index contributed by atoms with van der Waals surface area (Å²) >= 11 is 0. The van der Waals surface area contributed by atoms with Gasteiger partial charge >= 0.3 is 5.97 Å². The minimum atomic E-state index is -0.996. The number of allylic oxidation sites excluding steroid dienone is 2. The number of carbonyl (C=O) groups excluding carboxylic acids is 2. The van der Waals surface area contributed by atoms with E-state index in [4.69, 9.17) is 23.7 Å². The first-order valence-electron chi connectivity index (χ1n) is 10.3. The lowest BCUT2D eigenvalue weighted by Crippen LogP contribution is -2.34. The Labute approximate surface area is 187 Å². The fraction of sp³-hybridized carbons (Fsp3) is 0.360. The number of ether oxygens (including phenoxy) is 5. The number of methoxy groups -OCH3 is 4. The Morgan fingerprint density at radius 1 is 0.906 bits per heavy atom. The van der Waals surface area contributed by atoms with E-state index in [0.717, 1.165) is 11.1 Å². The van der Waals surface area contributed by atoms with Crippen LogP contribution in [0.15, 0.2) is 42.5 Å². The second-order valence-electron chi connectivity index (χ2n) is 7.26. The molecule has 0 unspecified atom stereocenters. The van der Waals surface area contributed by atoms with Crippen LogP contribution in [0.5, 0.6) is 23.0 Å². The van der Waals surface area contributed by atoms with Gasteiger partial charge < -0.3 is 23.7 Å². The Bertz CT molecular complexity index is 1000. The van der Waals surface area contributed by atoms with Crippen molar-refractivity contribution in [3.63, 3.8) is 0 Å². The normalized spacial score (nSPS) is 17.9. The van der Waals surface area contributed by atoms with Gasteiger partial charge in [-0.2, -0.15) is 0 Å². The van der Waals surface area contributed by atoms with Crippen LogP contribution in [0.4, 0.5) is 0 Å². The highest BCUT2D eigenvalue weighted by atomic mass is 16.5. The Morgan fingerprint density at radius 2 is 1.53 bits per heavy atom. The smallest absolute Gasteiger partial charge is 0.317 e. The van der Waals surface area contributed by atoms with Crippen LogP contribution in [-0.4, -0.2) is 46.8 Å². The van der Waals surface area contributed by atoms with E-state index in [1.807, 2.05) is 12.1 Å². The summed E-state index contributed by atoms with van der Waals surface area (Å²) in [6, 6.07) is 10.9. The third-order valence-corrected chi connectivity index (χ3v) is 5.60. The van der Waals surface area contributed by atoms with Crippen molar-refractivity contribution in [3.05, 3.63) is 53.6 Å². The van der Waals surface area contributed by atoms with Crippen molar-refractivity contribution in [2.45, 2.75) is 19.3 Å². The van der Waals surface area contributed by atoms with E-state index in [1.54, 1.807) is 59.6 Å². The van der Waals surface area contributed by atoms with Gasteiger partial charge in [0.1, 0.15) is 17.4 Å². The van der Waals surface area contributed by atoms with Crippen molar-refractivity contribution >= 4 is 17.3 Å². The molecule has 2 aromatic carbocycles. The molecule has 0 amide bonds. The molecule has 0 aliphatic heterocycles. The first-order chi connectivity index (χ1) is 15.5. The van der Waals surface area contributed by atoms with Crippen LogP contribution >= 0.6 is 0 Å². The van der Waals surface area contributed by atoms with Crippen molar-refractivity contribution in [2.75, 3.05) is 35.0 Å². The maximum Gasteiger partial charge on any atom is 0.317 e. The van der Waals surface area contributed by atoms with Crippen LogP contribution < -0.4 is 18.9 Å². The molecule has 1 aliphatic rings. The molecule has 0 radical (unpaired) electrons. The molecule has 0 saturated heterocycles. The summed E-state index contributed by atoms with van der Waals surface area (Å²) in [5.74, 6) is -0.168. The van der Waals surface area contributed by atoms with Crippen LogP contribution in [0, 0.1) is 5.92 Å². The SMILES string of the molecule is CCOC(=O)[C@@H]1C(=O)C=C(c2ccc(OC)c(OC)c2)C[C@H]1c1c(OC)cccc1OC. The van der Waals surface area contributed by atoms with Crippen molar-refractivity contribution in [1.29, 1.82) is 0 Å². The van der Waals surface area contributed by atoms with Gasteiger partial charge in [0.25, 0.3) is 0 Å². The fourth-order valence-corrected chi connectivity index (χ4v) is 4.14. The van der Waals surface area contributed by atoms with Crippen LogP contribution in [0.3, 0.4) is 0 Å². The molecule has 2 aromatic rings. The van der Waals surface area contributed by atoms with Crippen LogP contribution in [-0.2, 0) is 14.3 Å². The second kappa shape index (κ2) is 10.2. The Kier molecular flexibility index (Phi) is 7.41. The summed E-state index contributed by atoms with van der Waals surface area (Å²) < 4.78 is 27.1. The highest BCUT2D eigenvalue weighted by Crippen LogP contribution is 2.47. The molecule has 0 spiro atoms. The standard InChI is InChI=1S/C25H28O7/c1-6-32-25(27)23-17(24-20(29-3)8-7-9-21(24)30-4)12-16(13-18(23)26)15-10-11-19(28-2)22(14-15)31-5/h7-11,13-14,17,23H,6,12H2,1-5H3/t17-,23+/m1/s1. The van der Waals surface area contributed by atoms with Crippen molar-refractivity contribution < 1.29 is 33.3 Å². The lowest BCUT2D eigenvalue weighted by Gasteiger charge is -2.31. The molecule has 1 aliphatic carbocycles. The third-order valence-electron chi connectivity index (χ3n) is 5.60. The highest BCUT2D eigenvalue weighted by molar-refractivity contribution is 6.11. The summed E-state index contributed by atoms with van der Waals surface area (Å²) in [5.41, 5.74) is 2.24. The van der Waals surface area contributed by atoms with Gasteiger partial charge in [-0.1, -0.05) is 12.1 Å². The third kappa shape index (κ3) is 4.42. The Hall–Kier alpha value is -3.48. The van der Waals surface area contributed by atoms with Crippen LogP contribution in [0.1, 0.15) is 30.4 Å². The van der Waals surface area contributed by atoms with Gasteiger partial charge in [-0.3, -0.25) is 9.59 Å². The predicted molar refractivity (Wildman–Crippen MR) is 120 cm³/mol. The van der Waals surface area contributed by atoms with E-state index in [1.165, 1.54) is 6.08 Å². The topological polar surface area (TPSA) is 80.3 Å². The molecule has 32 heavy (non-hydrogen) atoms. The van der Waals surface area contributed by atoms with E-state index in [2.05, 4.69) is 0 Å². The summed E-state index contributed by atoms with van der Waals surface area (Å²) in [6.07, 6.45) is 1.92.